The van der Waals surface area contributed by atoms with Gasteiger partial charge in [0.1, 0.15) is 11.9 Å². The molecular formula is C28H32FNO2. The molecule has 0 bridgehead atoms. The number of carbonyl (C=O) groups is 1. The van der Waals surface area contributed by atoms with Crippen LogP contribution in [0.15, 0.2) is 54.5 Å². The highest BCUT2D eigenvalue weighted by atomic mass is 19.1. The predicted molar refractivity (Wildman–Crippen MR) is 125 cm³/mol. The molecule has 0 spiro atoms. The van der Waals surface area contributed by atoms with Gasteiger partial charge >= 0.3 is 5.97 Å². The number of ether oxygens (including phenoxy) is 1. The summed E-state index contributed by atoms with van der Waals surface area (Å²) in [6, 6.07) is 4.01. The SMILES string of the molecule is C[C@H]1OC(=O)[C@@H]2C[C@@H]3CCCCC[C@H]3[C@H](/C=C/c3ccc(C4=CCC=CC(F)=C4)cn3)[C@H]12. The Bertz CT molecular complexity index is 974. The monoisotopic (exact) mass is 433 g/mol. The number of hydrogen-bond acceptors (Lipinski definition) is 3. The molecule has 6 atom stereocenters. The lowest BCUT2D eigenvalue weighted by Gasteiger charge is -2.42. The number of aromatic nitrogens is 1. The smallest absolute Gasteiger partial charge is 0.309 e. The number of esters is 1. The normalized spacial score (nSPS) is 34.8. The quantitative estimate of drug-likeness (QED) is 0.499. The summed E-state index contributed by atoms with van der Waals surface area (Å²) in [5.74, 6) is 1.71. The Hall–Kier alpha value is -2.49. The Morgan fingerprint density at radius 1 is 1.19 bits per heavy atom. The maximum absolute atomic E-state index is 13.8. The molecule has 5 rings (SSSR count). The number of cyclic esters (lactones) is 1. The summed E-state index contributed by atoms with van der Waals surface area (Å²) >= 11 is 0. The fraction of sp³-hybridized carbons (Fsp3) is 0.500. The second-order valence-corrected chi connectivity index (χ2v) is 9.86. The number of allylic oxidation sites excluding steroid dienone is 7. The number of carbonyl (C=O) groups excluding carboxylic acids is 1. The minimum atomic E-state index is -0.232. The van der Waals surface area contributed by atoms with Crippen LogP contribution in [0.25, 0.3) is 11.6 Å². The van der Waals surface area contributed by atoms with Crippen molar-refractivity contribution in [2.45, 2.75) is 58.0 Å². The number of rotatable bonds is 3. The van der Waals surface area contributed by atoms with Crippen molar-refractivity contribution in [2.75, 3.05) is 0 Å². The molecular weight excluding hydrogens is 401 g/mol. The number of fused-ring (bicyclic) bond motifs is 2. The average Bonchev–Trinajstić information content (AvgIpc) is 3.00. The molecule has 1 saturated heterocycles. The average molecular weight is 434 g/mol. The molecule has 32 heavy (non-hydrogen) atoms. The highest BCUT2D eigenvalue weighted by Gasteiger charge is 2.53. The third kappa shape index (κ3) is 4.24. The number of halogens is 1. The van der Waals surface area contributed by atoms with Crippen LogP contribution < -0.4 is 0 Å². The summed E-state index contributed by atoms with van der Waals surface area (Å²) in [4.78, 5) is 17.2. The molecule has 4 aliphatic rings. The third-order valence-corrected chi connectivity index (χ3v) is 7.98. The lowest BCUT2D eigenvalue weighted by atomic mass is 9.60. The first kappa shape index (κ1) is 21.4. The van der Waals surface area contributed by atoms with Crippen molar-refractivity contribution in [1.82, 2.24) is 4.98 Å². The van der Waals surface area contributed by atoms with Crippen LogP contribution in [0.5, 0.6) is 0 Å². The van der Waals surface area contributed by atoms with Gasteiger partial charge in [-0.1, -0.05) is 50.0 Å². The zero-order chi connectivity index (χ0) is 22.1. The first-order valence-corrected chi connectivity index (χ1v) is 12.2. The molecule has 0 radical (unpaired) electrons. The maximum Gasteiger partial charge on any atom is 0.309 e. The lowest BCUT2D eigenvalue weighted by Crippen LogP contribution is -2.41. The van der Waals surface area contributed by atoms with Gasteiger partial charge < -0.3 is 4.74 Å². The molecule has 0 unspecified atom stereocenters. The Morgan fingerprint density at radius 2 is 2.06 bits per heavy atom. The van der Waals surface area contributed by atoms with Crippen molar-refractivity contribution in [2.24, 2.45) is 29.6 Å². The van der Waals surface area contributed by atoms with E-state index in [1.807, 2.05) is 30.5 Å². The van der Waals surface area contributed by atoms with E-state index < -0.39 is 0 Å². The van der Waals surface area contributed by atoms with Crippen molar-refractivity contribution < 1.29 is 13.9 Å². The molecule has 3 aliphatic carbocycles. The molecule has 1 aliphatic heterocycles. The Balaban J connectivity index is 1.38. The second kappa shape index (κ2) is 9.17. The molecule has 0 aromatic carbocycles. The van der Waals surface area contributed by atoms with Gasteiger partial charge in [0.15, 0.2) is 0 Å². The Labute approximate surface area is 190 Å². The first-order valence-electron chi connectivity index (χ1n) is 12.2. The molecule has 0 N–H and O–H groups in total. The molecule has 2 saturated carbocycles. The molecule has 0 amide bonds. The van der Waals surface area contributed by atoms with Gasteiger partial charge in [-0.15, -0.1) is 0 Å². The Morgan fingerprint density at radius 3 is 2.91 bits per heavy atom. The van der Waals surface area contributed by atoms with E-state index in [1.54, 1.807) is 6.08 Å². The van der Waals surface area contributed by atoms with Gasteiger partial charge in [-0.25, -0.2) is 4.39 Å². The molecule has 168 valence electrons. The highest BCUT2D eigenvalue weighted by molar-refractivity contribution is 5.76. The molecule has 1 aromatic rings. The van der Waals surface area contributed by atoms with Crippen LogP contribution >= 0.6 is 0 Å². The molecule has 4 heteroatoms. The van der Waals surface area contributed by atoms with E-state index in [0.29, 0.717) is 24.2 Å². The summed E-state index contributed by atoms with van der Waals surface area (Å²) in [5, 5.41) is 0. The van der Waals surface area contributed by atoms with Gasteiger partial charge in [0.25, 0.3) is 0 Å². The van der Waals surface area contributed by atoms with E-state index in [0.717, 1.165) is 23.3 Å². The number of pyridine rings is 1. The van der Waals surface area contributed by atoms with Crippen molar-refractivity contribution in [3.8, 4) is 0 Å². The van der Waals surface area contributed by atoms with Gasteiger partial charge in [0, 0.05) is 12.1 Å². The predicted octanol–water partition coefficient (Wildman–Crippen LogP) is 6.69. The fourth-order valence-electron chi connectivity index (χ4n) is 6.48. The minimum absolute atomic E-state index is 0.0116. The van der Waals surface area contributed by atoms with Gasteiger partial charge in [-0.05, 0) is 79.4 Å². The molecule has 3 nitrogen and oxygen atoms in total. The number of hydrogen-bond donors (Lipinski definition) is 0. The van der Waals surface area contributed by atoms with Crippen LogP contribution in [-0.2, 0) is 9.53 Å². The van der Waals surface area contributed by atoms with Crippen LogP contribution in [-0.4, -0.2) is 17.1 Å². The largest absolute Gasteiger partial charge is 0.462 e. The second-order valence-electron chi connectivity index (χ2n) is 9.86. The summed E-state index contributed by atoms with van der Waals surface area (Å²) in [5.41, 5.74) is 2.68. The van der Waals surface area contributed by atoms with E-state index in [-0.39, 0.29) is 29.7 Å². The van der Waals surface area contributed by atoms with E-state index in [1.165, 1.54) is 38.2 Å². The van der Waals surface area contributed by atoms with Crippen LogP contribution in [0.3, 0.4) is 0 Å². The van der Waals surface area contributed by atoms with Crippen LogP contribution in [0.1, 0.15) is 63.1 Å². The van der Waals surface area contributed by atoms with Crippen molar-refractivity contribution in [3.05, 3.63) is 65.8 Å². The van der Waals surface area contributed by atoms with Crippen LogP contribution in [0.2, 0.25) is 0 Å². The van der Waals surface area contributed by atoms with Gasteiger partial charge in [0.05, 0.1) is 11.6 Å². The van der Waals surface area contributed by atoms with E-state index in [9.17, 15) is 9.18 Å². The standard InChI is InChI=1S/C28H32FNO2/c1-18-27-25(24-10-4-2-3-8-20(24)16-26(27)28(31)32-18)14-13-23-12-11-21(17-30-23)19-7-5-6-9-22(29)15-19/h6-7,9,11-15,17-18,20,24-27H,2-5,8,10,16H2,1H3/b14-13+/t18-,20+,24-,25+,26-,27+/m1/s1. The van der Waals surface area contributed by atoms with Gasteiger partial charge in [0.2, 0.25) is 0 Å². The molecule has 2 heterocycles. The lowest BCUT2D eigenvalue weighted by molar-refractivity contribution is -0.144. The summed E-state index contributed by atoms with van der Waals surface area (Å²) < 4.78 is 19.5. The van der Waals surface area contributed by atoms with Gasteiger partial charge in [-0.2, -0.15) is 0 Å². The van der Waals surface area contributed by atoms with E-state index in [4.69, 9.17) is 4.74 Å². The van der Waals surface area contributed by atoms with Crippen molar-refractivity contribution in [3.63, 3.8) is 0 Å². The van der Waals surface area contributed by atoms with E-state index >= 15 is 0 Å². The summed E-state index contributed by atoms with van der Waals surface area (Å²) in [7, 11) is 0. The summed E-state index contributed by atoms with van der Waals surface area (Å²) in [6.45, 7) is 2.06. The Kier molecular flexibility index (Phi) is 6.12. The van der Waals surface area contributed by atoms with Crippen molar-refractivity contribution in [1.29, 1.82) is 0 Å². The van der Waals surface area contributed by atoms with Crippen LogP contribution in [0, 0.1) is 29.6 Å². The van der Waals surface area contributed by atoms with Gasteiger partial charge in [-0.3, -0.25) is 9.78 Å². The van der Waals surface area contributed by atoms with E-state index in [2.05, 4.69) is 24.1 Å². The zero-order valence-electron chi connectivity index (χ0n) is 18.8. The van der Waals surface area contributed by atoms with Crippen LogP contribution in [0.4, 0.5) is 4.39 Å². The maximum atomic E-state index is 13.8. The topological polar surface area (TPSA) is 39.2 Å². The molecule has 1 aromatic heterocycles. The summed E-state index contributed by atoms with van der Waals surface area (Å²) in [6.07, 6.45) is 21.2. The minimum Gasteiger partial charge on any atom is -0.462 e. The fourth-order valence-corrected chi connectivity index (χ4v) is 6.48. The third-order valence-electron chi connectivity index (χ3n) is 7.98. The zero-order valence-corrected chi connectivity index (χ0v) is 18.8. The van der Waals surface area contributed by atoms with Crippen molar-refractivity contribution >= 4 is 17.6 Å². The highest BCUT2D eigenvalue weighted by Crippen LogP contribution is 2.52. The molecule has 3 fully saturated rings. The number of nitrogens with zero attached hydrogens (tertiary/aromatic N) is 1. The first-order chi connectivity index (χ1) is 15.6.